The molecule has 3 nitrogen and oxygen atoms in total. The standard InChI is InChI=1S/C15H21ClN2O/c1-3-4-5-6-9-18-14-8-7-12(19-2)10-13(14)17-15(18)11-16/h7-8,10H,3-6,9,11H2,1-2H3. The molecule has 0 amide bonds. The molecule has 0 saturated heterocycles. The summed E-state index contributed by atoms with van der Waals surface area (Å²) >= 11 is 6.00. The molecule has 0 saturated carbocycles. The number of benzene rings is 1. The maximum Gasteiger partial charge on any atom is 0.124 e. The van der Waals surface area contributed by atoms with E-state index in [2.05, 4.69) is 22.5 Å². The van der Waals surface area contributed by atoms with Crippen LogP contribution in [0.3, 0.4) is 0 Å². The van der Waals surface area contributed by atoms with Crippen molar-refractivity contribution in [3.05, 3.63) is 24.0 Å². The van der Waals surface area contributed by atoms with Gasteiger partial charge in [-0.3, -0.25) is 0 Å². The highest BCUT2D eigenvalue weighted by atomic mass is 35.5. The molecule has 0 atom stereocenters. The summed E-state index contributed by atoms with van der Waals surface area (Å²) in [6.07, 6.45) is 4.98. The van der Waals surface area contributed by atoms with Gasteiger partial charge in [0.1, 0.15) is 11.6 Å². The Labute approximate surface area is 119 Å². The molecular formula is C15H21ClN2O. The van der Waals surface area contributed by atoms with Crippen molar-refractivity contribution in [1.29, 1.82) is 0 Å². The zero-order chi connectivity index (χ0) is 13.7. The van der Waals surface area contributed by atoms with Gasteiger partial charge in [-0.15, -0.1) is 11.6 Å². The summed E-state index contributed by atoms with van der Waals surface area (Å²) in [6, 6.07) is 6.01. The Kier molecular flexibility index (Phi) is 5.08. The van der Waals surface area contributed by atoms with Crippen LogP contribution in [-0.4, -0.2) is 16.7 Å². The first-order valence-corrected chi connectivity index (χ1v) is 7.42. The van der Waals surface area contributed by atoms with Gasteiger partial charge in [0, 0.05) is 12.6 Å². The second-order valence-electron chi connectivity index (χ2n) is 4.73. The van der Waals surface area contributed by atoms with Gasteiger partial charge >= 0.3 is 0 Å². The lowest BCUT2D eigenvalue weighted by atomic mass is 10.2. The molecule has 0 N–H and O–H groups in total. The average Bonchev–Trinajstić information content (AvgIpc) is 2.80. The highest BCUT2D eigenvalue weighted by molar-refractivity contribution is 6.16. The molecule has 0 fully saturated rings. The van der Waals surface area contributed by atoms with E-state index in [-0.39, 0.29) is 0 Å². The van der Waals surface area contributed by atoms with Crippen LogP contribution in [0.25, 0.3) is 11.0 Å². The number of hydrogen-bond acceptors (Lipinski definition) is 2. The van der Waals surface area contributed by atoms with E-state index in [0.29, 0.717) is 5.88 Å². The second kappa shape index (κ2) is 6.80. The summed E-state index contributed by atoms with van der Waals surface area (Å²) < 4.78 is 7.47. The van der Waals surface area contributed by atoms with Crippen LogP contribution in [-0.2, 0) is 12.4 Å². The molecule has 0 aliphatic heterocycles. The molecule has 19 heavy (non-hydrogen) atoms. The molecule has 0 aliphatic carbocycles. The zero-order valence-corrected chi connectivity index (χ0v) is 12.4. The van der Waals surface area contributed by atoms with Crippen LogP contribution in [0.1, 0.15) is 38.4 Å². The van der Waals surface area contributed by atoms with E-state index < -0.39 is 0 Å². The minimum atomic E-state index is 0.449. The molecule has 2 aromatic rings. The number of aryl methyl sites for hydroxylation is 1. The maximum absolute atomic E-state index is 6.00. The Morgan fingerprint density at radius 1 is 1.26 bits per heavy atom. The topological polar surface area (TPSA) is 27.1 Å². The number of alkyl halides is 1. The largest absolute Gasteiger partial charge is 0.497 e. The summed E-state index contributed by atoms with van der Waals surface area (Å²) in [5.41, 5.74) is 2.11. The van der Waals surface area contributed by atoms with Crippen LogP contribution in [0.2, 0.25) is 0 Å². The Morgan fingerprint density at radius 3 is 2.79 bits per heavy atom. The van der Waals surface area contributed by atoms with E-state index in [1.165, 1.54) is 25.7 Å². The summed E-state index contributed by atoms with van der Waals surface area (Å²) in [5.74, 6) is 2.23. The van der Waals surface area contributed by atoms with E-state index in [4.69, 9.17) is 16.3 Å². The fraction of sp³-hybridized carbons (Fsp3) is 0.533. The molecule has 0 spiro atoms. The molecular weight excluding hydrogens is 260 g/mol. The number of fused-ring (bicyclic) bond motifs is 1. The van der Waals surface area contributed by atoms with Gasteiger partial charge in [-0.05, 0) is 18.6 Å². The predicted octanol–water partition coefficient (Wildman–Crippen LogP) is 4.36. The van der Waals surface area contributed by atoms with Crippen LogP contribution in [0.4, 0.5) is 0 Å². The fourth-order valence-corrected chi connectivity index (χ4v) is 2.54. The average molecular weight is 281 g/mol. The van der Waals surface area contributed by atoms with Gasteiger partial charge in [0.25, 0.3) is 0 Å². The molecule has 4 heteroatoms. The quantitative estimate of drug-likeness (QED) is 0.556. The first-order chi connectivity index (χ1) is 9.30. The van der Waals surface area contributed by atoms with Crippen molar-refractivity contribution in [2.45, 2.75) is 45.0 Å². The van der Waals surface area contributed by atoms with E-state index >= 15 is 0 Å². The highest BCUT2D eigenvalue weighted by Gasteiger charge is 2.10. The Hall–Kier alpha value is -1.22. The number of ether oxygens (including phenoxy) is 1. The molecule has 0 radical (unpaired) electrons. The van der Waals surface area contributed by atoms with Crippen molar-refractivity contribution in [3.63, 3.8) is 0 Å². The third-order valence-electron chi connectivity index (χ3n) is 3.39. The normalized spacial score (nSPS) is 11.1. The Morgan fingerprint density at radius 2 is 2.11 bits per heavy atom. The number of rotatable bonds is 7. The summed E-state index contributed by atoms with van der Waals surface area (Å²) in [6.45, 7) is 3.22. The van der Waals surface area contributed by atoms with Gasteiger partial charge in [0.05, 0.1) is 24.0 Å². The Bertz CT molecular complexity index is 536. The fourth-order valence-electron chi connectivity index (χ4n) is 2.33. The molecule has 104 valence electrons. The monoisotopic (exact) mass is 280 g/mol. The lowest BCUT2D eigenvalue weighted by Crippen LogP contribution is -2.02. The number of halogens is 1. The summed E-state index contributed by atoms with van der Waals surface area (Å²) in [7, 11) is 1.67. The van der Waals surface area contributed by atoms with Gasteiger partial charge in [-0.25, -0.2) is 4.98 Å². The van der Waals surface area contributed by atoms with E-state index in [0.717, 1.165) is 29.2 Å². The third-order valence-corrected chi connectivity index (χ3v) is 3.63. The second-order valence-corrected chi connectivity index (χ2v) is 5.00. The summed E-state index contributed by atoms with van der Waals surface area (Å²) in [5, 5.41) is 0. The smallest absolute Gasteiger partial charge is 0.124 e. The lowest BCUT2D eigenvalue weighted by molar-refractivity contribution is 0.415. The Balaban J connectivity index is 2.24. The number of unbranched alkanes of at least 4 members (excludes halogenated alkanes) is 3. The number of hydrogen-bond donors (Lipinski definition) is 0. The minimum absolute atomic E-state index is 0.449. The van der Waals surface area contributed by atoms with Crippen molar-refractivity contribution in [1.82, 2.24) is 9.55 Å². The number of aromatic nitrogens is 2. The first-order valence-electron chi connectivity index (χ1n) is 6.89. The van der Waals surface area contributed by atoms with Crippen molar-refractivity contribution in [3.8, 4) is 5.75 Å². The van der Waals surface area contributed by atoms with Crippen molar-refractivity contribution in [2.24, 2.45) is 0 Å². The summed E-state index contributed by atoms with van der Waals surface area (Å²) in [4.78, 5) is 4.59. The first kappa shape index (κ1) is 14.2. The SMILES string of the molecule is CCCCCCn1c(CCl)nc2cc(OC)ccc21. The molecule has 1 aromatic heterocycles. The van der Waals surface area contributed by atoms with E-state index in [1.807, 2.05) is 12.1 Å². The third kappa shape index (κ3) is 3.21. The maximum atomic E-state index is 6.00. The number of imidazole rings is 1. The van der Waals surface area contributed by atoms with Gasteiger partial charge in [0.2, 0.25) is 0 Å². The van der Waals surface area contributed by atoms with E-state index in [1.54, 1.807) is 7.11 Å². The number of methoxy groups -OCH3 is 1. The molecule has 0 bridgehead atoms. The lowest BCUT2D eigenvalue weighted by Gasteiger charge is -2.07. The van der Waals surface area contributed by atoms with Gasteiger partial charge < -0.3 is 9.30 Å². The van der Waals surface area contributed by atoms with Crippen molar-refractivity contribution < 1.29 is 4.74 Å². The van der Waals surface area contributed by atoms with Gasteiger partial charge in [-0.2, -0.15) is 0 Å². The van der Waals surface area contributed by atoms with Crippen LogP contribution in [0.15, 0.2) is 18.2 Å². The number of nitrogens with zero attached hydrogens (tertiary/aromatic N) is 2. The predicted molar refractivity (Wildman–Crippen MR) is 80.0 cm³/mol. The minimum Gasteiger partial charge on any atom is -0.497 e. The van der Waals surface area contributed by atoms with Crippen LogP contribution in [0.5, 0.6) is 5.75 Å². The molecule has 1 heterocycles. The van der Waals surface area contributed by atoms with E-state index in [9.17, 15) is 0 Å². The molecule has 1 aromatic carbocycles. The molecule has 2 rings (SSSR count). The van der Waals surface area contributed by atoms with Crippen LogP contribution in [0, 0.1) is 0 Å². The van der Waals surface area contributed by atoms with Crippen molar-refractivity contribution >= 4 is 22.6 Å². The molecule has 0 unspecified atom stereocenters. The highest BCUT2D eigenvalue weighted by Crippen LogP contribution is 2.23. The molecule has 0 aliphatic rings. The van der Waals surface area contributed by atoms with Crippen LogP contribution >= 0.6 is 11.6 Å². The van der Waals surface area contributed by atoms with Crippen molar-refractivity contribution in [2.75, 3.05) is 7.11 Å². The zero-order valence-electron chi connectivity index (χ0n) is 11.7. The van der Waals surface area contributed by atoms with Gasteiger partial charge in [0.15, 0.2) is 0 Å². The van der Waals surface area contributed by atoms with Crippen LogP contribution < -0.4 is 4.74 Å². The van der Waals surface area contributed by atoms with Gasteiger partial charge in [-0.1, -0.05) is 26.2 Å².